The highest BCUT2D eigenvalue weighted by molar-refractivity contribution is 5.93. The summed E-state index contributed by atoms with van der Waals surface area (Å²) < 4.78 is 5.43. The molecule has 2 aromatic rings. The molecule has 0 saturated carbocycles. The van der Waals surface area contributed by atoms with E-state index >= 15 is 0 Å². The maximum absolute atomic E-state index is 11.8. The predicted octanol–water partition coefficient (Wildman–Crippen LogP) is 1.77. The van der Waals surface area contributed by atoms with Crippen LogP contribution in [0.2, 0.25) is 0 Å². The molecule has 0 radical (unpaired) electrons. The first-order valence-electron chi connectivity index (χ1n) is 6.14. The van der Waals surface area contributed by atoms with Crippen LogP contribution in [0.3, 0.4) is 0 Å². The molecule has 0 bridgehead atoms. The number of para-hydroxylation sites is 2. The Balaban J connectivity index is 2.11. The molecule has 6 heteroatoms. The number of carbonyl (C=O) groups excluding carboxylic acids is 1. The summed E-state index contributed by atoms with van der Waals surface area (Å²) >= 11 is 0. The molecule has 0 aliphatic carbocycles. The summed E-state index contributed by atoms with van der Waals surface area (Å²) in [7, 11) is 0. The summed E-state index contributed by atoms with van der Waals surface area (Å²) in [6, 6.07) is 7.26. The van der Waals surface area contributed by atoms with Crippen molar-refractivity contribution in [2.45, 2.75) is 6.92 Å². The number of oxazole rings is 1. The molecule has 0 fully saturated rings. The van der Waals surface area contributed by atoms with Gasteiger partial charge in [0.25, 0.3) is 0 Å². The van der Waals surface area contributed by atoms with Crippen molar-refractivity contribution in [2.24, 2.45) is 0 Å². The van der Waals surface area contributed by atoms with Gasteiger partial charge in [-0.25, -0.2) is 4.98 Å². The van der Waals surface area contributed by atoms with Gasteiger partial charge in [0.15, 0.2) is 5.58 Å². The van der Waals surface area contributed by atoms with Crippen LogP contribution in [-0.2, 0) is 9.59 Å². The van der Waals surface area contributed by atoms with Crippen molar-refractivity contribution in [1.82, 2.24) is 9.88 Å². The second-order valence-corrected chi connectivity index (χ2v) is 4.10. The third-order valence-electron chi connectivity index (χ3n) is 2.70. The topological polar surface area (TPSA) is 83.6 Å². The maximum atomic E-state index is 11.8. The standard InChI is InChI=1S/C14H14N2O4/c1-2-16(9-14(18)19)13(17)8-7-12-15-10-5-3-4-6-11(10)20-12/h3-8H,2,9H2,1H3,(H,18,19)/b8-7+. The Bertz CT molecular complexity index is 627. The van der Waals surface area contributed by atoms with Crippen LogP contribution in [0.1, 0.15) is 12.8 Å². The van der Waals surface area contributed by atoms with E-state index in [9.17, 15) is 9.59 Å². The lowest BCUT2D eigenvalue weighted by Gasteiger charge is -2.15. The molecule has 1 N–H and O–H groups in total. The highest BCUT2D eigenvalue weighted by atomic mass is 16.4. The zero-order chi connectivity index (χ0) is 14.5. The highest BCUT2D eigenvalue weighted by Gasteiger charge is 2.12. The van der Waals surface area contributed by atoms with Crippen molar-refractivity contribution in [3.8, 4) is 0 Å². The zero-order valence-electron chi connectivity index (χ0n) is 10.9. The van der Waals surface area contributed by atoms with Gasteiger partial charge in [-0.05, 0) is 19.1 Å². The monoisotopic (exact) mass is 274 g/mol. The summed E-state index contributed by atoms with van der Waals surface area (Å²) in [4.78, 5) is 27.8. The van der Waals surface area contributed by atoms with Gasteiger partial charge in [-0.15, -0.1) is 0 Å². The Kier molecular flexibility index (Phi) is 4.14. The SMILES string of the molecule is CCN(CC(=O)O)C(=O)/C=C/c1nc2ccccc2o1. The fourth-order valence-electron chi connectivity index (χ4n) is 1.72. The average molecular weight is 274 g/mol. The van der Waals surface area contributed by atoms with Crippen molar-refractivity contribution in [2.75, 3.05) is 13.1 Å². The minimum atomic E-state index is -1.05. The fourth-order valence-corrected chi connectivity index (χ4v) is 1.72. The van der Waals surface area contributed by atoms with Crippen molar-refractivity contribution in [3.05, 3.63) is 36.2 Å². The predicted molar refractivity (Wildman–Crippen MR) is 72.9 cm³/mol. The number of aromatic nitrogens is 1. The van der Waals surface area contributed by atoms with E-state index in [1.807, 2.05) is 12.1 Å². The third-order valence-corrected chi connectivity index (χ3v) is 2.70. The summed E-state index contributed by atoms with van der Waals surface area (Å²) in [5.74, 6) is -1.13. The number of likely N-dealkylation sites (N-methyl/N-ethyl adjacent to an activating group) is 1. The third kappa shape index (κ3) is 3.23. The van der Waals surface area contributed by atoms with Crippen molar-refractivity contribution in [3.63, 3.8) is 0 Å². The number of carboxylic acid groups (broad SMARTS) is 1. The second kappa shape index (κ2) is 6.01. The molecule has 0 unspecified atom stereocenters. The molecule has 0 atom stereocenters. The van der Waals surface area contributed by atoms with Crippen LogP contribution >= 0.6 is 0 Å². The molecule has 20 heavy (non-hydrogen) atoms. The van der Waals surface area contributed by atoms with Crippen LogP contribution in [-0.4, -0.2) is 40.0 Å². The summed E-state index contributed by atoms with van der Waals surface area (Å²) in [5, 5.41) is 8.70. The number of carbonyl (C=O) groups is 2. The Labute approximate surface area is 115 Å². The quantitative estimate of drug-likeness (QED) is 0.840. The maximum Gasteiger partial charge on any atom is 0.323 e. The molecule has 1 aromatic carbocycles. The molecular formula is C14H14N2O4. The van der Waals surface area contributed by atoms with Gasteiger partial charge < -0.3 is 14.4 Å². The molecule has 1 amide bonds. The van der Waals surface area contributed by atoms with Crippen molar-refractivity contribution in [1.29, 1.82) is 0 Å². The highest BCUT2D eigenvalue weighted by Crippen LogP contribution is 2.15. The smallest absolute Gasteiger partial charge is 0.323 e. The van der Waals surface area contributed by atoms with E-state index in [0.29, 0.717) is 23.5 Å². The molecular weight excluding hydrogens is 260 g/mol. The molecule has 1 heterocycles. The van der Waals surface area contributed by atoms with E-state index in [1.54, 1.807) is 19.1 Å². The van der Waals surface area contributed by atoms with Gasteiger partial charge in [0.2, 0.25) is 11.8 Å². The average Bonchev–Trinajstić information content (AvgIpc) is 2.84. The van der Waals surface area contributed by atoms with Crippen LogP contribution < -0.4 is 0 Å². The Hall–Kier alpha value is -2.63. The number of amides is 1. The van der Waals surface area contributed by atoms with Gasteiger partial charge in [0, 0.05) is 18.7 Å². The summed E-state index contributed by atoms with van der Waals surface area (Å²) in [6.07, 6.45) is 2.70. The largest absolute Gasteiger partial charge is 0.480 e. The molecule has 1 aromatic heterocycles. The van der Waals surface area contributed by atoms with Gasteiger partial charge in [-0.1, -0.05) is 12.1 Å². The Morgan fingerprint density at radius 2 is 2.15 bits per heavy atom. The van der Waals surface area contributed by atoms with Gasteiger partial charge in [0.05, 0.1) is 0 Å². The summed E-state index contributed by atoms with van der Waals surface area (Å²) in [5.41, 5.74) is 1.34. The number of aliphatic carboxylic acids is 1. The first kappa shape index (κ1) is 13.8. The molecule has 104 valence electrons. The van der Waals surface area contributed by atoms with Crippen molar-refractivity contribution >= 4 is 29.1 Å². The lowest BCUT2D eigenvalue weighted by Crippen LogP contribution is -2.34. The van der Waals surface area contributed by atoms with Crippen LogP contribution in [0.5, 0.6) is 0 Å². The number of fused-ring (bicyclic) bond motifs is 1. The van der Waals surface area contributed by atoms with Gasteiger partial charge in [0.1, 0.15) is 12.1 Å². The number of carboxylic acids is 1. The van der Waals surface area contributed by atoms with Crippen LogP contribution in [0.25, 0.3) is 17.2 Å². The molecule has 0 aliphatic heterocycles. The lowest BCUT2D eigenvalue weighted by molar-refractivity contribution is -0.142. The van der Waals surface area contributed by atoms with E-state index < -0.39 is 11.9 Å². The lowest BCUT2D eigenvalue weighted by atomic mass is 10.3. The Morgan fingerprint density at radius 3 is 2.80 bits per heavy atom. The first-order valence-corrected chi connectivity index (χ1v) is 6.14. The number of hydrogen-bond acceptors (Lipinski definition) is 4. The van der Waals surface area contributed by atoms with Crippen LogP contribution in [0.15, 0.2) is 34.8 Å². The normalized spacial score (nSPS) is 11.1. The van der Waals surface area contributed by atoms with E-state index in [-0.39, 0.29) is 6.54 Å². The van der Waals surface area contributed by atoms with Crippen LogP contribution in [0, 0.1) is 0 Å². The first-order chi connectivity index (χ1) is 9.60. The van der Waals surface area contributed by atoms with E-state index in [4.69, 9.17) is 9.52 Å². The van der Waals surface area contributed by atoms with Crippen molar-refractivity contribution < 1.29 is 19.1 Å². The minimum absolute atomic E-state index is 0.311. The van der Waals surface area contributed by atoms with Gasteiger partial charge >= 0.3 is 5.97 Å². The van der Waals surface area contributed by atoms with E-state index in [1.165, 1.54) is 17.1 Å². The Morgan fingerprint density at radius 1 is 1.40 bits per heavy atom. The molecule has 2 rings (SSSR count). The van der Waals surface area contributed by atoms with E-state index in [2.05, 4.69) is 4.98 Å². The number of nitrogens with zero attached hydrogens (tertiary/aromatic N) is 2. The molecule has 0 aliphatic rings. The second-order valence-electron chi connectivity index (χ2n) is 4.10. The zero-order valence-corrected chi connectivity index (χ0v) is 10.9. The fraction of sp³-hybridized carbons (Fsp3) is 0.214. The molecule has 0 saturated heterocycles. The number of rotatable bonds is 5. The molecule has 6 nitrogen and oxygen atoms in total. The van der Waals surface area contributed by atoms with Gasteiger partial charge in [-0.3, -0.25) is 9.59 Å². The number of benzene rings is 1. The summed E-state index contributed by atoms with van der Waals surface area (Å²) in [6.45, 7) is 1.71. The minimum Gasteiger partial charge on any atom is -0.480 e. The van der Waals surface area contributed by atoms with Crippen LogP contribution in [0.4, 0.5) is 0 Å². The molecule has 0 spiro atoms. The van der Waals surface area contributed by atoms with Gasteiger partial charge in [-0.2, -0.15) is 0 Å². The van der Waals surface area contributed by atoms with E-state index in [0.717, 1.165) is 0 Å². The number of hydrogen-bond donors (Lipinski definition) is 1.